The number of Topliss-reactive ketones (excluding diaryl/α,β-unsaturated/α-hetero) is 1. The molecule has 0 saturated carbocycles. The third-order valence-corrected chi connectivity index (χ3v) is 5.41. The van der Waals surface area contributed by atoms with Crippen molar-refractivity contribution in [1.82, 2.24) is 10.3 Å². The number of fused-ring (bicyclic) bond motifs is 1. The van der Waals surface area contributed by atoms with Crippen LogP contribution in [0.3, 0.4) is 0 Å². The molecule has 0 saturated heterocycles. The zero-order valence-corrected chi connectivity index (χ0v) is 17.0. The first kappa shape index (κ1) is 19.4. The number of rotatable bonds is 7. The number of aromatic nitrogens is 1. The molecule has 4 aromatic rings. The molecule has 3 aromatic carbocycles. The van der Waals surface area contributed by atoms with E-state index >= 15 is 0 Å². The second-order valence-electron chi connectivity index (χ2n) is 7.35. The molecule has 3 nitrogen and oxygen atoms in total. The zero-order chi connectivity index (χ0) is 20.2. The predicted molar refractivity (Wildman–Crippen MR) is 120 cm³/mol. The van der Waals surface area contributed by atoms with Crippen molar-refractivity contribution >= 4 is 28.3 Å². The number of ketones is 1. The number of H-pyrrole nitrogens is 1. The Bertz CT molecular complexity index is 1100. The first-order valence-corrected chi connectivity index (χ1v) is 10.2. The molecule has 146 valence electrons. The van der Waals surface area contributed by atoms with Gasteiger partial charge in [-0.15, -0.1) is 0 Å². The second kappa shape index (κ2) is 8.64. The Labute approximate surface area is 175 Å². The molecule has 2 atom stereocenters. The number of halogens is 1. The minimum absolute atomic E-state index is 0.0663. The van der Waals surface area contributed by atoms with Crippen molar-refractivity contribution < 1.29 is 4.79 Å². The Kier molecular flexibility index (Phi) is 5.79. The topological polar surface area (TPSA) is 44.9 Å². The highest BCUT2D eigenvalue weighted by Crippen LogP contribution is 2.25. The van der Waals surface area contributed by atoms with E-state index in [-0.39, 0.29) is 11.8 Å². The third-order valence-electron chi connectivity index (χ3n) is 5.16. The predicted octanol–water partition coefficient (Wildman–Crippen LogP) is 5.97. The normalized spacial score (nSPS) is 13.3. The molecule has 2 N–H and O–H groups in total. The molecule has 1 aromatic heterocycles. The number of benzene rings is 3. The Morgan fingerprint density at radius 1 is 0.966 bits per heavy atom. The van der Waals surface area contributed by atoms with Crippen LogP contribution in [-0.2, 0) is 6.42 Å². The van der Waals surface area contributed by atoms with Gasteiger partial charge in [0.05, 0.1) is 6.04 Å². The Morgan fingerprint density at radius 3 is 2.41 bits per heavy atom. The molecule has 29 heavy (non-hydrogen) atoms. The number of para-hydroxylation sites is 1. The van der Waals surface area contributed by atoms with Crippen LogP contribution in [0.2, 0.25) is 5.02 Å². The fraction of sp³-hybridized carbons (Fsp3) is 0.160. The van der Waals surface area contributed by atoms with E-state index in [1.165, 1.54) is 5.56 Å². The lowest BCUT2D eigenvalue weighted by atomic mass is 9.95. The van der Waals surface area contributed by atoms with Gasteiger partial charge in [-0.3, -0.25) is 4.79 Å². The van der Waals surface area contributed by atoms with Crippen molar-refractivity contribution in [1.29, 1.82) is 0 Å². The summed E-state index contributed by atoms with van der Waals surface area (Å²) in [7, 11) is 0. The average molecular weight is 403 g/mol. The quantitative estimate of drug-likeness (QED) is 0.374. The number of nitrogens with one attached hydrogen (secondary N) is 2. The number of aromatic amines is 1. The number of carbonyl (C=O) groups is 1. The Balaban J connectivity index is 1.61. The van der Waals surface area contributed by atoms with Crippen LogP contribution in [-0.4, -0.2) is 16.8 Å². The summed E-state index contributed by atoms with van der Waals surface area (Å²) in [6.07, 6.45) is 2.62. The van der Waals surface area contributed by atoms with Crippen molar-refractivity contribution in [3.63, 3.8) is 0 Å². The first-order valence-electron chi connectivity index (χ1n) is 9.77. The maximum absolute atomic E-state index is 13.6. The summed E-state index contributed by atoms with van der Waals surface area (Å²) < 4.78 is 0. The SMILES string of the molecule is CC(Cc1ccc(Cl)cc1)NC(C(=O)c1c[nH]c2ccccc12)c1ccccc1. The van der Waals surface area contributed by atoms with Crippen LogP contribution in [0.4, 0.5) is 0 Å². The molecule has 2 unspecified atom stereocenters. The molecular weight excluding hydrogens is 380 g/mol. The summed E-state index contributed by atoms with van der Waals surface area (Å²) in [5.74, 6) is 0.0663. The van der Waals surface area contributed by atoms with E-state index in [1.54, 1.807) is 0 Å². The molecule has 0 amide bonds. The highest BCUT2D eigenvalue weighted by molar-refractivity contribution is 6.30. The molecule has 0 bridgehead atoms. The van der Waals surface area contributed by atoms with Crippen LogP contribution in [0.5, 0.6) is 0 Å². The van der Waals surface area contributed by atoms with Crippen molar-refractivity contribution in [2.24, 2.45) is 0 Å². The van der Waals surface area contributed by atoms with Gasteiger partial charge in [-0.1, -0.05) is 72.3 Å². The highest BCUT2D eigenvalue weighted by atomic mass is 35.5. The maximum Gasteiger partial charge on any atom is 0.186 e. The van der Waals surface area contributed by atoms with Crippen LogP contribution >= 0.6 is 11.6 Å². The van der Waals surface area contributed by atoms with Gasteiger partial charge in [0.2, 0.25) is 0 Å². The number of hydrogen-bond acceptors (Lipinski definition) is 2. The lowest BCUT2D eigenvalue weighted by Crippen LogP contribution is -2.36. The van der Waals surface area contributed by atoms with Gasteiger partial charge in [0.15, 0.2) is 5.78 Å². The van der Waals surface area contributed by atoms with E-state index in [0.29, 0.717) is 5.56 Å². The lowest BCUT2D eigenvalue weighted by Gasteiger charge is -2.23. The molecule has 4 heteroatoms. The monoisotopic (exact) mass is 402 g/mol. The van der Waals surface area contributed by atoms with E-state index < -0.39 is 6.04 Å². The molecular formula is C25H23ClN2O. The fourth-order valence-corrected chi connectivity index (χ4v) is 3.84. The van der Waals surface area contributed by atoms with Gasteiger partial charge < -0.3 is 10.3 Å². The average Bonchev–Trinajstić information content (AvgIpc) is 3.18. The first-order chi connectivity index (χ1) is 14.1. The minimum Gasteiger partial charge on any atom is -0.360 e. The maximum atomic E-state index is 13.6. The van der Waals surface area contributed by atoms with Crippen LogP contribution in [0, 0.1) is 0 Å². The van der Waals surface area contributed by atoms with Gasteiger partial charge in [-0.2, -0.15) is 0 Å². The van der Waals surface area contributed by atoms with Gasteiger partial charge in [-0.25, -0.2) is 0 Å². The van der Waals surface area contributed by atoms with Crippen molar-refractivity contribution in [2.45, 2.75) is 25.4 Å². The van der Waals surface area contributed by atoms with Crippen LogP contribution in [0.15, 0.2) is 85.1 Å². The standard InChI is InChI=1S/C25H23ClN2O/c1-17(15-18-11-13-20(26)14-12-18)28-24(19-7-3-2-4-8-19)25(29)22-16-27-23-10-6-5-9-21(22)23/h2-14,16-17,24,27-28H,15H2,1H3. The summed E-state index contributed by atoms with van der Waals surface area (Å²) >= 11 is 6.00. The van der Waals surface area contributed by atoms with Crippen LogP contribution in [0.25, 0.3) is 10.9 Å². The molecule has 4 rings (SSSR count). The van der Waals surface area contributed by atoms with Crippen molar-refractivity contribution in [3.8, 4) is 0 Å². The summed E-state index contributed by atoms with van der Waals surface area (Å²) in [5, 5.41) is 5.23. The van der Waals surface area contributed by atoms with E-state index in [4.69, 9.17) is 11.6 Å². The molecule has 0 radical (unpaired) electrons. The van der Waals surface area contributed by atoms with Gasteiger partial charge in [0, 0.05) is 33.7 Å². The van der Waals surface area contributed by atoms with Gasteiger partial charge in [0.1, 0.15) is 0 Å². The van der Waals surface area contributed by atoms with E-state index in [9.17, 15) is 4.79 Å². The molecule has 0 aliphatic heterocycles. The van der Waals surface area contributed by atoms with Crippen LogP contribution in [0.1, 0.15) is 34.5 Å². The molecule has 0 fully saturated rings. The van der Waals surface area contributed by atoms with Crippen LogP contribution < -0.4 is 5.32 Å². The van der Waals surface area contributed by atoms with Crippen molar-refractivity contribution in [2.75, 3.05) is 0 Å². The Morgan fingerprint density at radius 2 is 1.66 bits per heavy atom. The molecule has 1 heterocycles. The molecule has 0 aliphatic carbocycles. The number of hydrogen-bond donors (Lipinski definition) is 2. The molecule has 0 aliphatic rings. The van der Waals surface area contributed by atoms with Gasteiger partial charge in [-0.05, 0) is 42.7 Å². The summed E-state index contributed by atoms with van der Waals surface area (Å²) in [6, 6.07) is 25.3. The fourth-order valence-electron chi connectivity index (χ4n) is 3.72. The van der Waals surface area contributed by atoms with E-state index in [1.807, 2.05) is 85.1 Å². The van der Waals surface area contributed by atoms with E-state index in [0.717, 1.165) is 27.9 Å². The largest absolute Gasteiger partial charge is 0.360 e. The van der Waals surface area contributed by atoms with Gasteiger partial charge >= 0.3 is 0 Å². The van der Waals surface area contributed by atoms with Gasteiger partial charge in [0.25, 0.3) is 0 Å². The number of carbonyl (C=O) groups excluding carboxylic acids is 1. The molecule has 0 spiro atoms. The highest BCUT2D eigenvalue weighted by Gasteiger charge is 2.25. The van der Waals surface area contributed by atoms with E-state index in [2.05, 4.69) is 17.2 Å². The minimum atomic E-state index is -0.419. The summed E-state index contributed by atoms with van der Waals surface area (Å²) in [5.41, 5.74) is 3.82. The van der Waals surface area contributed by atoms with Crippen molar-refractivity contribution in [3.05, 3.63) is 107 Å². The Hall–Kier alpha value is -2.88. The zero-order valence-electron chi connectivity index (χ0n) is 16.2. The second-order valence-corrected chi connectivity index (χ2v) is 7.79. The third kappa shape index (κ3) is 4.42. The summed E-state index contributed by atoms with van der Waals surface area (Å²) in [6.45, 7) is 2.10. The smallest absolute Gasteiger partial charge is 0.186 e. The lowest BCUT2D eigenvalue weighted by molar-refractivity contribution is 0.0938. The summed E-state index contributed by atoms with van der Waals surface area (Å²) in [4.78, 5) is 16.8.